The SMILES string of the molecule is C=CCCOCC(O)COCCC(O)COCC(F)(F)OC(F)(F)COCOCCOCC(O)COCC(O)COCCCC#N. The molecular weight excluding hydrogens is 634 g/mol. The summed E-state index contributed by atoms with van der Waals surface area (Å²) in [7, 11) is 0. The average Bonchev–Trinajstić information content (AvgIpc) is 2.98. The standard InChI is InChI=1S/C28H49F4NO13/c1-2-3-8-38-14-24(35)16-40-10-6-23(34)13-44-20-27(29,30)46-28(31,32)21-45-22-42-12-11-41-17-26(37)19-43-18-25(36)15-39-9-5-4-7-33/h2,23-26,34-37H,1,3-6,8-22H2. The largest absolute Gasteiger partial charge is 0.391 e. The lowest BCUT2D eigenvalue weighted by Crippen LogP contribution is -2.40. The minimum Gasteiger partial charge on any atom is -0.391 e. The number of hydrogen-bond acceptors (Lipinski definition) is 14. The van der Waals surface area contributed by atoms with E-state index >= 15 is 0 Å². The summed E-state index contributed by atoms with van der Waals surface area (Å²) in [6, 6.07) is 1.97. The third kappa shape index (κ3) is 29.8. The first-order valence-corrected chi connectivity index (χ1v) is 14.7. The molecule has 0 radical (unpaired) electrons. The zero-order valence-electron chi connectivity index (χ0n) is 26.0. The van der Waals surface area contributed by atoms with Crippen LogP contribution in [-0.2, 0) is 42.6 Å². The van der Waals surface area contributed by atoms with Crippen molar-refractivity contribution in [2.45, 2.75) is 62.3 Å². The molecule has 0 aliphatic carbocycles. The first-order valence-electron chi connectivity index (χ1n) is 14.7. The Morgan fingerprint density at radius 3 is 1.67 bits per heavy atom. The van der Waals surface area contributed by atoms with Crippen LogP contribution in [0.4, 0.5) is 17.6 Å². The highest BCUT2D eigenvalue weighted by atomic mass is 19.3. The van der Waals surface area contributed by atoms with Gasteiger partial charge in [-0.25, -0.2) is 0 Å². The van der Waals surface area contributed by atoms with Crippen molar-refractivity contribution in [3.8, 4) is 6.07 Å². The highest BCUT2D eigenvalue weighted by molar-refractivity contribution is 4.68. The van der Waals surface area contributed by atoms with Crippen molar-refractivity contribution in [1.82, 2.24) is 0 Å². The molecule has 0 fully saturated rings. The first-order chi connectivity index (χ1) is 21.9. The van der Waals surface area contributed by atoms with Crippen molar-refractivity contribution in [3.63, 3.8) is 0 Å². The van der Waals surface area contributed by atoms with Crippen LogP contribution in [-0.4, -0.2) is 156 Å². The summed E-state index contributed by atoms with van der Waals surface area (Å²) in [6.45, 7) is -0.622. The number of ether oxygens (including phenoxy) is 9. The lowest BCUT2D eigenvalue weighted by molar-refractivity contribution is -0.396. The van der Waals surface area contributed by atoms with Crippen molar-refractivity contribution in [3.05, 3.63) is 12.7 Å². The Kier molecular flexibility index (Phi) is 27.5. The zero-order valence-corrected chi connectivity index (χ0v) is 26.0. The lowest BCUT2D eigenvalue weighted by atomic mass is 10.3. The topological polar surface area (TPSA) is 188 Å². The molecule has 0 bridgehead atoms. The number of hydrogen-bond donors (Lipinski definition) is 4. The van der Waals surface area contributed by atoms with Crippen LogP contribution in [0.15, 0.2) is 12.7 Å². The van der Waals surface area contributed by atoms with Crippen molar-refractivity contribution in [1.29, 1.82) is 5.26 Å². The van der Waals surface area contributed by atoms with Crippen LogP contribution in [0.3, 0.4) is 0 Å². The van der Waals surface area contributed by atoms with E-state index in [0.717, 1.165) is 0 Å². The monoisotopic (exact) mass is 683 g/mol. The predicted molar refractivity (Wildman–Crippen MR) is 151 cm³/mol. The van der Waals surface area contributed by atoms with E-state index in [-0.39, 0.29) is 65.9 Å². The van der Waals surface area contributed by atoms with Crippen LogP contribution < -0.4 is 0 Å². The summed E-state index contributed by atoms with van der Waals surface area (Å²) in [5.41, 5.74) is 0. The number of nitrogens with zero attached hydrogens (tertiary/aromatic N) is 1. The third-order valence-electron chi connectivity index (χ3n) is 5.19. The van der Waals surface area contributed by atoms with Crippen molar-refractivity contribution in [2.75, 3.05) is 99.3 Å². The third-order valence-corrected chi connectivity index (χ3v) is 5.19. The van der Waals surface area contributed by atoms with E-state index in [0.29, 0.717) is 32.5 Å². The Hall–Kier alpha value is -1.57. The van der Waals surface area contributed by atoms with Crippen LogP contribution in [0, 0.1) is 11.3 Å². The molecule has 0 aromatic rings. The van der Waals surface area contributed by atoms with E-state index in [1.807, 2.05) is 6.07 Å². The van der Waals surface area contributed by atoms with Gasteiger partial charge < -0.3 is 58.3 Å². The summed E-state index contributed by atoms with van der Waals surface area (Å²) in [4.78, 5) is 0. The molecule has 4 atom stereocenters. The highest BCUT2D eigenvalue weighted by Crippen LogP contribution is 2.27. The molecule has 14 nitrogen and oxygen atoms in total. The first kappa shape index (κ1) is 44.4. The number of rotatable bonds is 34. The Balaban J connectivity index is 3.82. The van der Waals surface area contributed by atoms with Gasteiger partial charge in [-0.3, -0.25) is 4.74 Å². The van der Waals surface area contributed by atoms with Crippen LogP contribution >= 0.6 is 0 Å². The number of alkyl halides is 4. The summed E-state index contributed by atoms with van der Waals surface area (Å²) >= 11 is 0. The van der Waals surface area contributed by atoms with Gasteiger partial charge in [0.25, 0.3) is 0 Å². The van der Waals surface area contributed by atoms with Gasteiger partial charge in [-0.2, -0.15) is 22.8 Å². The molecule has 4 unspecified atom stereocenters. The Bertz CT molecular complexity index is 767. The Morgan fingerprint density at radius 2 is 1.09 bits per heavy atom. The van der Waals surface area contributed by atoms with E-state index in [1.165, 1.54) is 0 Å². The lowest BCUT2D eigenvalue weighted by Gasteiger charge is -2.24. The molecule has 0 amide bonds. The van der Waals surface area contributed by atoms with Gasteiger partial charge in [0.2, 0.25) is 0 Å². The van der Waals surface area contributed by atoms with Gasteiger partial charge >= 0.3 is 12.2 Å². The second kappa shape index (κ2) is 28.4. The van der Waals surface area contributed by atoms with Crippen molar-refractivity contribution >= 4 is 0 Å². The number of halogens is 4. The summed E-state index contributed by atoms with van der Waals surface area (Å²) < 4.78 is 98.3. The maximum Gasteiger partial charge on any atom is 0.383 e. The second-order valence-corrected chi connectivity index (χ2v) is 9.85. The summed E-state index contributed by atoms with van der Waals surface area (Å²) in [5.74, 6) is 0. The number of aliphatic hydroxyl groups excluding tert-OH is 4. The molecule has 0 aromatic heterocycles. The smallest absolute Gasteiger partial charge is 0.383 e. The predicted octanol–water partition coefficient (Wildman–Crippen LogP) is 0.992. The molecule has 0 aliphatic heterocycles. The molecule has 18 heteroatoms. The molecular formula is C28H49F4NO13. The quantitative estimate of drug-likeness (QED) is 0.0325. The molecule has 0 spiro atoms. The average molecular weight is 684 g/mol. The fourth-order valence-electron chi connectivity index (χ4n) is 3.07. The minimum atomic E-state index is -4.39. The fraction of sp³-hybridized carbons (Fsp3) is 0.893. The molecule has 0 rings (SSSR count). The van der Waals surface area contributed by atoms with E-state index in [9.17, 15) is 38.0 Å². The summed E-state index contributed by atoms with van der Waals surface area (Å²) in [5, 5.41) is 47.3. The van der Waals surface area contributed by atoms with Gasteiger partial charge in [-0.05, 0) is 19.3 Å². The summed E-state index contributed by atoms with van der Waals surface area (Å²) in [6.07, 6.45) is -9.59. The molecule has 46 heavy (non-hydrogen) atoms. The van der Waals surface area contributed by atoms with E-state index in [2.05, 4.69) is 20.8 Å². The minimum absolute atomic E-state index is 0.0166. The van der Waals surface area contributed by atoms with E-state index in [1.54, 1.807) is 6.08 Å². The van der Waals surface area contributed by atoms with Crippen LogP contribution in [0.25, 0.3) is 0 Å². The molecule has 0 saturated heterocycles. The van der Waals surface area contributed by atoms with Gasteiger partial charge in [0.1, 0.15) is 38.3 Å². The van der Waals surface area contributed by atoms with Crippen LogP contribution in [0.2, 0.25) is 0 Å². The highest BCUT2D eigenvalue weighted by Gasteiger charge is 2.44. The normalized spacial score (nSPS) is 14.9. The number of aliphatic hydroxyl groups is 4. The second-order valence-electron chi connectivity index (χ2n) is 9.85. The van der Waals surface area contributed by atoms with Crippen molar-refractivity contribution in [2.24, 2.45) is 0 Å². The molecule has 4 N–H and O–H groups in total. The van der Waals surface area contributed by atoms with Crippen LogP contribution in [0.5, 0.6) is 0 Å². The van der Waals surface area contributed by atoms with E-state index < -0.39 is 63.2 Å². The van der Waals surface area contributed by atoms with Crippen molar-refractivity contribution < 1.29 is 80.6 Å². The Labute approximate surface area is 266 Å². The Morgan fingerprint density at radius 1 is 0.609 bits per heavy atom. The van der Waals surface area contributed by atoms with Gasteiger partial charge in [0.15, 0.2) is 0 Å². The zero-order chi connectivity index (χ0) is 34.5. The fourth-order valence-corrected chi connectivity index (χ4v) is 3.07. The molecule has 0 heterocycles. The van der Waals surface area contributed by atoms with E-state index in [4.69, 9.17) is 33.7 Å². The van der Waals surface area contributed by atoms with Gasteiger partial charge in [0.05, 0.1) is 78.2 Å². The molecule has 272 valence electrons. The van der Waals surface area contributed by atoms with Gasteiger partial charge in [-0.1, -0.05) is 6.08 Å². The van der Waals surface area contributed by atoms with Gasteiger partial charge in [0, 0.05) is 19.6 Å². The van der Waals surface area contributed by atoms with Gasteiger partial charge in [-0.15, -0.1) is 6.58 Å². The maximum absolute atomic E-state index is 13.8. The maximum atomic E-state index is 13.8. The molecule has 0 saturated carbocycles. The number of nitriles is 1. The molecule has 0 aliphatic rings. The van der Waals surface area contributed by atoms with Crippen LogP contribution in [0.1, 0.15) is 25.7 Å². The number of unbranched alkanes of at least 4 members (excludes halogenated alkanes) is 1. The molecule has 0 aromatic carbocycles.